The third kappa shape index (κ3) is 5.33. The first-order valence-corrected chi connectivity index (χ1v) is 8.29. The Morgan fingerprint density at radius 2 is 1.89 bits per heavy atom. The smallest absolute Gasteiger partial charge is 0.444 e. The maximum absolute atomic E-state index is 14.2. The summed E-state index contributed by atoms with van der Waals surface area (Å²) in [4.78, 5) is 25.7. The predicted molar refractivity (Wildman–Crippen MR) is 87.9 cm³/mol. The van der Waals surface area contributed by atoms with Crippen LogP contribution in [-0.4, -0.2) is 63.8 Å². The molecule has 2 atom stereocenters. The lowest BCUT2D eigenvalue weighted by atomic mass is 10.0. The van der Waals surface area contributed by atoms with Crippen LogP contribution in [-0.2, 0) is 16.6 Å². The molecule has 0 aliphatic carbocycles. The van der Waals surface area contributed by atoms with Crippen LogP contribution >= 0.6 is 0 Å². The maximum atomic E-state index is 14.2. The topological polar surface area (TPSA) is 67.7 Å². The number of aromatic nitrogens is 2. The van der Waals surface area contributed by atoms with Gasteiger partial charge in [0, 0.05) is 26.2 Å². The molecule has 7 nitrogen and oxygen atoms in total. The molecule has 0 saturated carbocycles. The Bertz CT molecular complexity index is 699. The maximum Gasteiger partial charge on any atom is 0.471 e. The number of hydrogen-bond donors (Lipinski definition) is 0. The molecule has 1 aromatic rings. The van der Waals surface area contributed by atoms with Crippen LogP contribution in [0.2, 0.25) is 0 Å². The lowest BCUT2D eigenvalue weighted by Gasteiger charge is -2.40. The van der Waals surface area contributed by atoms with Crippen molar-refractivity contribution < 1.29 is 31.9 Å². The molecule has 152 valence electrons. The van der Waals surface area contributed by atoms with Crippen LogP contribution in [0.1, 0.15) is 27.2 Å². The van der Waals surface area contributed by atoms with Crippen molar-refractivity contribution in [1.82, 2.24) is 14.7 Å². The first kappa shape index (κ1) is 21.0. The van der Waals surface area contributed by atoms with Crippen LogP contribution < -0.4 is 4.90 Å². The van der Waals surface area contributed by atoms with Gasteiger partial charge in [0.2, 0.25) is 0 Å². The highest BCUT2D eigenvalue weighted by molar-refractivity contribution is 5.97. The van der Waals surface area contributed by atoms with Crippen molar-refractivity contribution >= 4 is 17.7 Å². The molecule has 0 bridgehead atoms. The fourth-order valence-electron chi connectivity index (χ4n) is 2.84. The van der Waals surface area contributed by atoms with Crippen LogP contribution in [0.25, 0.3) is 0 Å². The van der Waals surface area contributed by atoms with Crippen LogP contribution in [0.15, 0.2) is 12.4 Å². The number of hydrogen-bond acceptors (Lipinski definition) is 4. The number of piperidine rings is 1. The summed E-state index contributed by atoms with van der Waals surface area (Å²) < 4.78 is 59.9. The van der Waals surface area contributed by atoms with Gasteiger partial charge in [0.1, 0.15) is 11.8 Å². The fourth-order valence-corrected chi connectivity index (χ4v) is 2.84. The highest BCUT2D eigenvalue weighted by Gasteiger charge is 2.48. The number of alkyl halides is 4. The van der Waals surface area contributed by atoms with Crippen molar-refractivity contribution in [2.45, 2.75) is 51.2 Å². The van der Waals surface area contributed by atoms with Gasteiger partial charge in [0.25, 0.3) is 0 Å². The SMILES string of the molecule is Cn1cc(N(C(=O)C(F)(F)F)C2CC(F)CN(C(=O)OC(C)(C)C)C2)cn1. The van der Waals surface area contributed by atoms with Crippen LogP contribution in [0.5, 0.6) is 0 Å². The molecule has 1 aliphatic rings. The van der Waals surface area contributed by atoms with Gasteiger partial charge in [0.15, 0.2) is 0 Å². The van der Waals surface area contributed by atoms with Crippen molar-refractivity contribution in [3.8, 4) is 0 Å². The molecule has 1 saturated heterocycles. The number of carbonyl (C=O) groups is 2. The number of anilines is 1. The molecule has 11 heteroatoms. The van der Waals surface area contributed by atoms with E-state index < -0.39 is 36.0 Å². The number of amides is 2. The number of ether oxygens (including phenoxy) is 1. The second-order valence-electron chi connectivity index (χ2n) is 7.42. The van der Waals surface area contributed by atoms with Gasteiger partial charge < -0.3 is 9.64 Å². The second-order valence-corrected chi connectivity index (χ2v) is 7.42. The van der Waals surface area contributed by atoms with E-state index in [2.05, 4.69) is 5.10 Å². The molecule has 0 aromatic carbocycles. The molecule has 1 aliphatic heterocycles. The van der Waals surface area contributed by atoms with Gasteiger partial charge in [-0.15, -0.1) is 0 Å². The molecular formula is C16H22F4N4O3. The molecule has 27 heavy (non-hydrogen) atoms. The summed E-state index contributed by atoms with van der Waals surface area (Å²) in [6.45, 7) is 4.26. The quantitative estimate of drug-likeness (QED) is 0.724. The minimum Gasteiger partial charge on any atom is -0.444 e. The Kier molecular flexibility index (Phi) is 5.71. The first-order chi connectivity index (χ1) is 12.3. The zero-order valence-corrected chi connectivity index (χ0v) is 15.5. The van der Waals surface area contributed by atoms with E-state index in [4.69, 9.17) is 4.74 Å². The largest absolute Gasteiger partial charge is 0.471 e. The molecular weight excluding hydrogens is 372 g/mol. The summed E-state index contributed by atoms with van der Waals surface area (Å²) >= 11 is 0. The number of carbonyl (C=O) groups excluding carboxylic acids is 2. The van der Waals surface area contributed by atoms with Gasteiger partial charge in [-0.2, -0.15) is 18.3 Å². The van der Waals surface area contributed by atoms with Crippen molar-refractivity contribution in [3.05, 3.63) is 12.4 Å². The zero-order chi connectivity index (χ0) is 20.6. The molecule has 0 spiro atoms. The molecule has 2 amide bonds. The van der Waals surface area contributed by atoms with E-state index in [1.165, 1.54) is 17.9 Å². The summed E-state index contributed by atoms with van der Waals surface area (Å²) in [5, 5.41) is 3.77. The number of rotatable bonds is 2. The second kappa shape index (κ2) is 7.35. The van der Waals surface area contributed by atoms with Gasteiger partial charge in [-0.25, -0.2) is 9.18 Å². The number of halogens is 4. The van der Waals surface area contributed by atoms with Crippen molar-refractivity contribution in [2.75, 3.05) is 18.0 Å². The predicted octanol–water partition coefficient (Wildman–Crippen LogP) is 2.66. The first-order valence-electron chi connectivity index (χ1n) is 8.29. The number of nitrogens with zero attached hydrogens (tertiary/aromatic N) is 4. The Hall–Kier alpha value is -2.33. The Balaban J connectivity index is 2.31. The summed E-state index contributed by atoms with van der Waals surface area (Å²) in [6, 6.07) is -1.21. The average Bonchev–Trinajstić information content (AvgIpc) is 2.90. The van der Waals surface area contributed by atoms with Gasteiger partial charge >= 0.3 is 18.2 Å². The standard InChI is InChI=1S/C16H22F4N4O3/c1-15(2,3)27-14(26)23-7-10(17)5-11(9-23)24(13(25)16(18,19)20)12-6-21-22(4)8-12/h6,8,10-11H,5,7,9H2,1-4H3. The molecule has 0 radical (unpaired) electrons. The third-order valence-electron chi connectivity index (χ3n) is 3.83. The van der Waals surface area contributed by atoms with Crippen molar-refractivity contribution in [3.63, 3.8) is 0 Å². The minimum atomic E-state index is -5.16. The molecule has 1 aromatic heterocycles. The van der Waals surface area contributed by atoms with Crippen LogP contribution in [0.4, 0.5) is 28.0 Å². The molecule has 2 rings (SSSR count). The van der Waals surface area contributed by atoms with E-state index in [0.717, 1.165) is 11.1 Å². The van der Waals surface area contributed by atoms with Crippen LogP contribution in [0, 0.1) is 0 Å². The molecule has 1 fully saturated rings. The Morgan fingerprint density at radius 3 is 2.37 bits per heavy atom. The number of aryl methyl sites for hydroxylation is 1. The van der Waals surface area contributed by atoms with E-state index in [9.17, 15) is 27.2 Å². The summed E-state index contributed by atoms with van der Waals surface area (Å²) in [5.41, 5.74) is -0.969. The third-order valence-corrected chi connectivity index (χ3v) is 3.83. The van der Waals surface area contributed by atoms with Gasteiger partial charge in [-0.05, 0) is 20.8 Å². The highest BCUT2D eigenvalue weighted by Crippen LogP contribution is 2.30. The summed E-state index contributed by atoms with van der Waals surface area (Å²) in [5.74, 6) is -2.14. The Labute approximate surface area is 153 Å². The van der Waals surface area contributed by atoms with Gasteiger partial charge in [-0.3, -0.25) is 14.4 Å². The van der Waals surface area contributed by atoms with E-state index in [-0.39, 0.29) is 25.2 Å². The van der Waals surface area contributed by atoms with Crippen LogP contribution in [0.3, 0.4) is 0 Å². The molecule has 2 heterocycles. The fraction of sp³-hybridized carbons (Fsp3) is 0.688. The molecule has 2 unspecified atom stereocenters. The average molecular weight is 394 g/mol. The van der Waals surface area contributed by atoms with E-state index >= 15 is 0 Å². The van der Waals surface area contributed by atoms with E-state index in [0.29, 0.717) is 4.90 Å². The van der Waals surface area contributed by atoms with Gasteiger partial charge in [0.05, 0.1) is 24.5 Å². The highest BCUT2D eigenvalue weighted by atomic mass is 19.4. The Morgan fingerprint density at radius 1 is 1.26 bits per heavy atom. The summed E-state index contributed by atoms with van der Waals surface area (Å²) in [7, 11) is 1.48. The molecule has 0 N–H and O–H groups in total. The van der Waals surface area contributed by atoms with Gasteiger partial charge in [-0.1, -0.05) is 0 Å². The normalized spacial score (nSPS) is 21.1. The van der Waals surface area contributed by atoms with Crippen molar-refractivity contribution in [2.24, 2.45) is 7.05 Å². The zero-order valence-electron chi connectivity index (χ0n) is 15.5. The summed E-state index contributed by atoms with van der Waals surface area (Å²) in [6.07, 6.45) is -5.63. The lowest BCUT2D eigenvalue weighted by molar-refractivity contribution is -0.171. The van der Waals surface area contributed by atoms with E-state index in [1.54, 1.807) is 20.8 Å². The monoisotopic (exact) mass is 394 g/mol. The minimum absolute atomic E-state index is 0.122. The number of likely N-dealkylation sites (tertiary alicyclic amines) is 1. The van der Waals surface area contributed by atoms with E-state index in [1.807, 2.05) is 0 Å². The van der Waals surface area contributed by atoms with Crippen molar-refractivity contribution in [1.29, 1.82) is 0 Å². The lowest BCUT2D eigenvalue weighted by Crippen LogP contribution is -2.58.